The van der Waals surface area contributed by atoms with Gasteiger partial charge in [0.05, 0.1) is 0 Å². The van der Waals surface area contributed by atoms with Crippen LogP contribution in [-0.2, 0) is 5.66 Å². The van der Waals surface area contributed by atoms with Gasteiger partial charge in [0.2, 0.25) is 0 Å². The largest absolute Gasteiger partial charge is 0.457 e. The number of carbonyl (C=O) groups excluding carboxylic acids is 2. The van der Waals surface area contributed by atoms with Crippen molar-refractivity contribution in [3.05, 3.63) is 131 Å². The van der Waals surface area contributed by atoms with E-state index in [0.29, 0.717) is 30.0 Å². The average molecular weight is 447 g/mol. The normalized spacial score (nSPS) is 18.5. The Morgan fingerprint density at radius 2 is 1.32 bits per heavy atom. The molecular weight excluding hydrogens is 424 g/mol. The molecule has 2 aliphatic heterocycles. The van der Waals surface area contributed by atoms with Gasteiger partial charge in [-0.15, -0.1) is 0 Å². The molecule has 0 radical (unpaired) electrons. The van der Waals surface area contributed by atoms with E-state index in [1.54, 1.807) is 24.3 Å². The van der Waals surface area contributed by atoms with E-state index in [4.69, 9.17) is 4.74 Å². The molecule has 2 amide bonds. The molecule has 34 heavy (non-hydrogen) atoms. The Labute approximate surface area is 197 Å². The number of amides is 2. The number of para-hydroxylation sites is 1. The van der Waals surface area contributed by atoms with Crippen LogP contribution in [-0.4, -0.2) is 34.7 Å². The van der Waals surface area contributed by atoms with Crippen LogP contribution < -0.4 is 4.74 Å². The van der Waals surface area contributed by atoms with Crippen molar-refractivity contribution in [2.75, 3.05) is 13.1 Å². The van der Waals surface area contributed by atoms with Crippen LogP contribution in [0.3, 0.4) is 0 Å². The summed E-state index contributed by atoms with van der Waals surface area (Å²) in [6, 6.07) is 34.1. The van der Waals surface area contributed by atoms with E-state index in [2.05, 4.69) is 0 Å². The second-order valence-electron chi connectivity index (χ2n) is 8.44. The molecule has 166 valence electrons. The molecule has 2 heterocycles. The van der Waals surface area contributed by atoms with Gasteiger partial charge in [0.15, 0.2) is 5.66 Å². The highest BCUT2D eigenvalue weighted by molar-refractivity contribution is 6.03. The van der Waals surface area contributed by atoms with Crippen molar-refractivity contribution < 1.29 is 14.3 Å². The lowest BCUT2D eigenvalue weighted by Gasteiger charge is -2.40. The minimum Gasteiger partial charge on any atom is -0.457 e. The maximum atomic E-state index is 13.9. The first kappa shape index (κ1) is 20.2. The summed E-state index contributed by atoms with van der Waals surface area (Å²) in [5.41, 5.74) is 2.00. The van der Waals surface area contributed by atoms with E-state index in [1.165, 1.54) is 0 Å². The number of ether oxygens (including phenoxy) is 1. The van der Waals surface area contributed by atoms with Gasteiger partial charge in [-0.3, -0.25) is 9.59 Å². The molecule has 0 aliphatic carbocycles. The zero-order chi connectivity index (χ0) is 23.1. The number of fused-ring (bicyclic) bond motifs is 3. The maximum absolute atomic E-state index is 13.9. The number of nitrogens with zero attached hydrogens (tertiary/aromatic N) is 2. The third kappa shape index (κ3) is 2.94. The lowest BCUT2D eigenvalue weighted by atomic mass is 9.89. The quantitative estimate of drug-likeness (QED) is 0.428. The summed E-state index contributed by atoms with van der Waals surface area (Å²) in [4.78, 5) is 30.9. The van der Waals surface area contributed by atoms with Gasteiger partial charge in [-0.1, -0.05) is 66.7 Å². The smallest absolute Gasteiger partial charge is 0.256 e. The molecule has 5 heteroatoms. The number of carbonyl (C=O) groups is 2. The first-order chi connectivity index (χ1) is 16.7. The molecule has 0 N–H and O–H groups in total. The first-order valence-electron chi connectivity index (χ1n) is 11.3. The van der Waals surface area contributed by atoms with Crippen molar-refractivity contribution in [3.8, 4) is 11.5 Å². The van der Waals surface area contributed by atoms with Crippen LogP contribution in [0.15, 0.2) is 109 Å². The van der Waals surface area contributed by atoms with Gasteiger partial charge in [0, 0.05) is 35.3 Å². The molecule has 0 bridgehead atoms. The fourth-order valence-electron chi connectivity index (χ4n) is 5.16. The second kappa shape index (κ2) is 7.89. The number of hydrogen-bond acceptors (Lipinski definition) is 3. The number of benzene rings is 4. The molecule has 2 aliphatic rings. The van der Waals surface area contributed by atoms with Crippen LogP contribution in [0.25, 0.3) is 0 Å². The Morgan fingerprint density at radius 1 is 0.706 bits per heavy atom. The Kier molecular flexibility index (Phi) is 4.69. The predicted molar refractivity (Wildman–Crippen MR) is 129 cm³/mol. The Balaban J connectivity index is 1.40. The van der Waals surface area contributed by atoms with Crippen LogP contribution in [0.2, 0.25) is 0 Å². The van der Waals surface area contributed by atoms with Gasteiger partial charge < -0.3 is 14.5 Å². The molecule has 1 unspecified atom stereocenters. The van der Waals surface area contributed by atoms with Crippen LogP contribution in [0.4, 0.5) is 0 Å². The summed E-state index contributed by atoms with van der Waals surface area (Å²) in [5, 5.41) is 0. The highest BCUT2D eigenvalue weighted by Crippen LogP contribution is 2.50. The van der Waals surface area contributed by atoms with E-state index in [1.807, 2.05) is 94.7 Å². The van der Waals surface area contributed by atoms with E-state index in [-0.39, 0.29) is 11.8 Å². The Bertz CT molecular complexity index is 1370. The van der Waals surface area contributed by atoms with Crippen LogP contribution in [0.1, 0.15) is 31.8 Å². The zero-order valence-corrected chi connectivity index (χ0v) is 18.4. The first-order valence-corrected chi connectivity index (χ1v) is 11.3. The average Bonchev–Trinajstić information content (AvgIpc) is 3.41. The van der Waals surface area contributed by atoms with Gasteiger partial charge in [-0.2, -0.15) is 0 Å². The van der Waals surface area contributed by atoms with Gasteiger partial charge in [-0.25, -0.2) is 0 Å². The second-order valence-corrected chi connectivity index (χ2v) is 8.44. The molecule has 4 aromatic rings. The van der Waals surface area contributed by atoms with Gasteiger partial charge in [0.25, 0.3) is 11.8 Å². The van der Waals surface area contributed by atoms with Crippen molar-refractivity contribution >= 4 is 11.8 Å². The minimum atomic E-state index is -0.953. The lowest BCUT2D eigenvalue weighted by Crippen LogP contribution is -2.51. The monoisotopic (exact) mass is 446 g/mol. The molecule has 0 spiro atoms. The third-order valence-electron chi connectivity index (χ3n) is 6.61. The summed E-state index contributed by atoms with van der Waals surface area (Å²) in [5.74, 6) is 1.23. The summed E-state index contributed by atoms with van der Waals surface area (Å²) in [7, 11) is 0. The van der Waals surface area contributed by atoms with Crippen LogP contribution in [0, 0.1) is 0 Å². The van der Waals surface area contributed by atoms with Crippen molar-refractivity contribution in [3.63, 3.8) is 0 Å². The summed E-state index contributed by atoms with van der Waals surface area (Å²) in [6.45, 7) is 0.930. The SMILES string of the molecule is O=C(c1ccc(Oc2ccccc2)cc1)N1CCN2C(=O)c3ccccc3C12c1ccccc1. The Hall–Kier alpha value is -4.38. The number of hydrogen-bond donors (Lipinski definition) is 0. The van der Waals surface area contributed by atoms with Gasteiger partial charge in [-0.05, 0) is 42.5 Å². The van der Waals surface area contributed by atoms with Crippen LogP contribution >= 0.6 is 0 Å². The summed E-state index contributed by atoms with van der Waals surface area (Å²) < 4.78 is 5.88. The minimum absolute atomic E-state index is 0.0404. The van der Waals surface area contributed by atoms with Crippen molar-refractivity contribution in [2.45, 2.75) is 5.66 Å². The van der Waals surface area contributed by atoms with E-state index in [9.17, 15) is 9.59 Å². The molecule has 1 saturated heterocycles. The maximum Gasteiger partial charge on any atom is 0.256 e. The molecule has 4 aromatic carbocycles. The summed E-state index contributed by atoms with van der Waals surface area (Å²) in [6.07, 6.45) is 0. The molecule has 1 atom stereocenters. The summed E-state index contributed by atoms with van der Waals surface area (Å²) >= 11 is 0. The van der Waals surface area contributed by atoms with Crippen molar-refractivity contribution in [1.29, 1.82) is 0 Å². The van der Waals surface area contributed by atoms with Gasteiger partial charge >= 0.3 is 0 Å². The molecule has 0 saturated carbocycles. The highest BCUT2D eigenvalue weighted by atomic mass is 16.5. The molecule has 0 aromatic heterocycles. The zero-order valence-electron chi connectivity index (χ0n) is 18.4. The van der Waals surface area contributed by atoms with E-state index < -0.39 is 5.66 Å². The van der Waals surface area contributed by atoms with E-state index >= 15 is 0 Å². The van der Waals surface area contributed by atoms with Crippen molar-refractivity contribution in [2.24, 2.45) is 0 Å². The van der Waals surface area contributed by atoms with Crippen LogP contribution in [0.5, 0.6) is 11.5 Å². The molecule has 1 fully saturated rings. The molecule has 6 rings (SSSR count). The fraction of sp³-hybridized carbons (Fsp3) is 0.103. The van der Waals surface area contributed by atoms with Crippen molar-refractivity contribution in [1.82, 2.24) is 9.80 Å². The van der Waals surface area contributed by atoms with Gasteiger partial charge in [0.1, 0.15) is 11.5 Å². The highest BCUT2D eigenvalue weighted by Gasteiger charge is 2.59. The number of rotatable bonds is 4. The third-order valence-corrected chi connectivity index (χ3v) is 6.61. The van der Waals surface area contributed by atoms with E-state index in [0.717, 1.165) is 16.9 Å². The topological polar surface area (TPSA) is 49.9 Å². The predicted octanol–water partition coefficient (Wildman–Crippen LogP) is 5.29. The Morgan fingerprint density at radius 3 is 2.06 bits per heavy atom. The lowest BCUT2D eigenvalue weighted by molar-refractivity contribution is 0.0375. The molecule has 5 nitrogen and oxygen atoms in total. The molecular formula is C29H22N2O3. The fourth-order valence-corrected chi connectivity index (χ4v) is 5.16. The standard InChI is InChI=1S/C29H22N2O3/c32-27(21-15-17-24(18-16-21)34-23-11-5-2-6-12-23)30-19-20-31-28(33)25-13-7-8-14-26(25)29(30,31)22-9-3-1-4-10-22/h1-18H,19-20H2.